The third kappa shape index (κ3) is 3.19. The molecule has 0 amide bonds. The van der Waals surface area contributed by atoms with Gasteiger partial charge in [-0.25, -0.2) is 0 Å². The fraction of sp³-hybridized carbons (Fsp3) is 0.632. The van der Waals surface area contributed by atoms with Crippen LogP contribution in [0.2, 0.25) is 0 Å². The van der Waals surface area contributed by atoms with Gasteiger partial charge < -0.3 is 4.74 Å². The summed E-state index contributed by atoms with van der Waals surface area (Å²) >= 11 is 0. The van der Waals surface area contributed by atoms with Gasteiger partial charge in [-0.2, -0.15) is 0 Å². The summed E-state index contributed by atoms with van der Waals surface area (Å²) < 4.78 is 5.11. The molecule has 3 nitrogen and oxygen atoms in total. The van der Waals surface area contributed by atoms with Crippen molar-refractivity contribution in [3.8, 4) is 0 Å². The monoisotopic (exact) mass is 301 g/mol. The van der Waals surface area contributed by atoms with Crippen molar-refractivity contribution in [2.45, 2.75) is 45.1 Å². The maximum atomic E-state index is 12.3. The van der Waals surface area contributed by atoms with Crippen LogP contribution in [0.15, 0.2) is 30.3 Å². The van der Waals surface area contributed by atoms with Crippen molar-refractivity contribution in [1.82, 2.24) is 4.90 Å². The molecule has 120 valence electrons. The van der Waals surface area contributed by atoms with Crippen molar-refractivity contribution in [3.63, 3.8) is 0 Å². The van der Waals surface area contributed by atoms with Crippen LogP contribution >= 0.6 is 0 Å². The van der Waals surface area contributed by atoms with Crippen molar-refractivity contribution in [3.05, 3.63) is 35.9 Å². The summed E-state index contributed by atoms with van der Waals surface area (Å²) in [5.74, 6) is 0.117. The number of carbonyl (C=O) groups is 1. The second-order valence-corrected chi connectivity index (χ2v) is 6.98. The van der Waals surface area contributed by atoms with E-state index in [-0.39, 0.29) is 17.3 Å². The zero-order valence-corrected chi connectivity index (χ0v) is 13.6. The van der Waals surface area contributed by atoms with Crippen molar-refractivity contribution < 1.29 is 9.53 Å². The molecule has 1 aromatic rings. The van der Waals surface area contributed by atoms with Crippen molar-refractivity contribution in [1.29, 1.82) is 0 Å². The molecule has 1 aliphatic carbocycles. The number of likely N-dealkylation sites (tertiary alicyclic amines) is 1. The summed E-state index contributed by atoms with van der Waals surface area (Å²) in [6.07, 6.45) is 7.13. The molecule has 1 aromatic carbocycles. The second-order valence-electron chi connectivity index (χ2n) is 6.98. The smallest absolute Gasteiger partial charge is 0.309 e. The highest BCUT2D eigenvalue weighted by molar-refractivity contribution is 5.73. The van der Waals surface area contributed by atoms with E-state index in [0.717, 1.165) is 26.1 Å². The summed E-state index contributed by atoms with van der Waals surface area (Å²) in [5.41, 5.74) is 1.52. The fourth-order valence-corrected chi connectivity index (χ4v) is 4.50. The molecule has 0 N–H and O–H groups in total. The molecule has 3 heteroatoms. The van der Waals surface area contributed by atoms with Crippen molar-refractivity contribution in [2.24, 2.45) is 11.3 Å². The molecule has 1 spiro atoms. The molecule has 1 aliphatic heterocycles. The number of esters is 1. The Labute approximate surface area is 133 Å². The second kappa shape index (κ2) is 6.82. The minimum Gasteiger partial charge on any atom is -0.469 e. The van der Waals surface area contributed by atoms with Gasteiger partial charge in [0.2, 0.25) is 0 Å². The fourth-order valence-electron chi connectivity index (χ4n) is 4.50. The topological polar surface area (TPSA) is 29.5 Å². The lowest BCUT2D eigenvalue weighted by atomic mass is 9.62. The van der Waals surface area contributed by atoms with Crippen LogP contribution in [0.5, 0.6) is 0 Å². The molecule has 0 unspecified atom stereocenters. The molecule has 22 heavy (non-hydrogen) atoms. The molecule has 0 bridgehead atoms. The van der Waals surface area contributed by atoms with Gasteiger partial charge in [-0.3, -0.25) is 9.69 Å². The van der Waals surface area contributed by atoms with Gasteiger partial charge in [0.1, 0.15) is 0 Å². The van der Waals surface area contributed by atoms with Gasteiger partial charge >= 0.3 is 5.97 Å². The molecule has 3 rings (SSSR count). The number of benzene rings is 1. The van der Waals surface area contributed by atoms with E-state index < -0.39 is 0 Å². The first kappa shape index (κ1) is 15.5. The molecule has 2 aliphatic rings. The molecule has 1 saturated carbocycles. The van der Waals surface area contributed by atoms with Gasteiger partial charge in [0.05, 0.1) is 13.0 Å². The van der Waals surface area contributed by atoms with E-state index >= 15 is 0 Å². The quantitative estimate of drug-likeness (QED) is 0.798. The van der Waals surface area contributed by atoms with Crippen molar-refractivity contribution >= 4 is 5.97 Å². The number of ether oxygens (including phenoxy) is 1. The molecular formula is C19H27NO2. The highest BCUT2D eigenvalue weighted by Crippen LogP contribution is 2.47. The molecule has 2 fully saturated rings. The van der Waals surface area contributed by atoms with Crippen LogP contribution in [0.3, 0.4) is 0 Å². The van der Waals surface area contributed by atoms with Gasteiger partial charge in [-0.1, -0.05) is 49.6 Å². The Kier molecular flexibility index (Phi) is 4.82. The third-order valence-electron chi connectivity index (χ3n) is 5.60. The Balaban J connectivity index is 1.74. The Hall–Kier alpha value is -1.35. The Morgan fingerprint density at radius 1 is 1.23 bits per heavy atom. The SMILES string of the molecule is COC(=O)[C@@H]1CCN(Cc2ccccc2)CC12CCCCC2. The van der Waals surface area contributed by atoms with Gasteiger partial charge in [-0.05, 0) is 36.8 Å². The number of carbonyl (C=O) groups excluding carboxylic acids is 1. The average molecular weight is 301 g/mol. The summed E-state index contributed by atoms with van der Waals surface area (Å²) in [5, 5.41) is 0. The van der Waals surface area contributed by atoms with Gasteiger partial charge in [-0.15, -0.1) is 0 Å². The summed E-state index contributed by atoms with van der Waals surface area (Å²) in [7, 11) is 1.54. The summed E-state index contributed by atoms with van der Waals surface area (Å²) in [6.45, 7) is 3.04. The van der Waals surface area contributed by atoms with E-state index in [4.69, 9.17) is 4.74 Å². The number of rotatable bonds is 3. The van der Waals surface area contributed by atoms with Gasteiger partial charge in [0, 0.05) is 13.1 Å². The van der Waals surface area contributed by atoms with Crippen LogP contribution in [0.4, 0.5) is 0 Å². The third-order valence-corrected chi connectivity index (χ3v) is 5.60. The molecule has 1 heterocycles. The van der Waals surface area contributed by atoms with Crippen molar-refractivity contribution in [2.75, 3.05) is 20.2 Å². The number of hydrogen-bond donors (Lipinski definition) is 0. The van der Waals surface area contributed by atoms with E-state index in [9.17, 15) is 4.79 Å². The highest BCUT2D eigenvalue weighted by Gasteiger charge is 2.47. The van der Waals surface area contributed by atoms with E-state index in [1.807, 2.05) is 0 Å². The lowest BCUT2D eigenvalue weighted by Gasteiger charge is -2.49. The summed E-state index contributed by atoms with van der Waals surface area (Å²) in [6, 6.07) is 10.7. The molecule has 0 radical (unpaired) electrons. The standard InChI is InChI=1S/C19H27NO2/c1-22-18(21)17-10-13-20(14-16-8-4-2-5-9-16)15-19(17)11-6-3-7-12-19/h2,4-5,8-9,17H,3,6-7,10-15H2,1H3/t17-/m0/s1. The van der Waals surface area contributed by atoms with E-state index in [1.165, 1.54) is 44.8 Å². The van der Waals surface area contributed by atoms with Crippen LogP contribution in [0.1, 0.15) is 44.1 Å². The van der Waals surface area contributed by atoms with Crippen LogP contribution < -0.4 is 0 Å². The normalized spacial score (nSPS) is 25.0. The number of piperidine rings is 1. The number of methoxy groups -OCH3 is 1. The maximum Gasteiger partial charge on any atom is 0.309 e. The van der Waals surface area contributed by atoms with E-state index in [2.05, 4.69) is 35.2 Å². The van der Waals surface area contributed by atoms with Gasteiger partial charge in [0.15, 0.2) is 0 Å². The van der Waals surface area contributed by atoms with Crippen LogP contribution in [0, 0.1) is 11.3 Å². The van der Waals surface area contributed by atoms with E-state index in [1.54, 1.807) is 0 Å². The highest BCUT2D eigenvalue weighted by atomic mass is 16.5. The molecular weight excluding hydrogens is 274 g/mol. The maximum absolute atomic E-state index is 12.3. The van der Waals surface area contributed by atoms with Gasteiger partial charge in [0.25, 0.3) is 0 Å². The zero-order valence-electron chi connectivity index (χ0n) is 13.6. The molecule has 1 atom stereocenters. The largest absolute Gasteiger partial charge is 0.469 e. The number of nitrogens with zero attached hydrogens (tertiary/aromatic N) is 1. The Morgan fingerprint density at radius 3 is 2.64 bits per heavy atom. The lowest BCUT2D eigenvalue weighted by molar-refractivity contribution is -0.156. The Morgan fingerprint density at radius 2 is 1.95 bits per heavy atom. The summed E-state index contributed by atoms with van der Waals surface area (Å²) in [4.78, 5) is 14.8. The van der Waals surface area contributed by atoms with Crippen LogP contribution in [-0.2, 0) is 16.1 Å². The van der Waals surface area contributed by atoms with Crippen LogP contribution in [-0.4, -0.2) is 31.1 Å². The molecule has 0 aromatic heterocycles. The lowest BCUT2D eigenvalue weighted by Crippen LogP contribution is -2.52. The van der Waals surface area contributed by atoms with Crippen LogP contribution in [0.25, 0.3) is 0 Å². The first-order valence-electron chi connectivity index (χ1n) is 8.58. The average Bonchev–Trinajstić information content (AvgIpc) is 2.56. The minimum absolute atomic E-state index is 0.0151. The predicted octanol–water partition coefficient (Wildman–Crippen LogP) is 3.63. The first-order valence-corrected chi connectivity index (χ1v) is 8.58. The zero-order chi connectivity index (χ0) is 15.4. The predicted molar refractivity (Wildman–Crippen MR) is 87.4 cm³/mol. The Bertz CT molecular complexity index is 493. The minimum atomic E-state index is 0.0151. The number of hydrogen-bond acceptors (Lipinski definition) is 3. The molecule has 1 saturated heterocycles. The first-order chi connectivity index (χ1) is 10.7. The van der Waals surface area contributed by atoms with E-state index in [0.29, 0.717) is 0 Å².